The van der Waals surface area contributed by atoms with Crippen LogP contribution in [0.15, 0.2) is 36.4 Å². The fourth-order valence-electron chi connectivity index (χ4n) is 2.85. The number of halogens is 2. The molecule has 0 radical (unpaired) electrons. The summed E-state index contributed by atoms with van der Waals surface area (Å²) < 4.78 is 39.4. The number of sulfonamides is 1. The highest BCUT2D eigenvalue weighted by atomic mass is 35.5. The van der Waals surface area contributed by atoms with Crippen LogP contribution in [0, 0.1) is 19.7 Å². The van der Waals surface area contributed by atoms with Crippen molar-refractivity contribution in [1.82, 2.24) is 5.32 Å². The van der Waals surface area contributed by atoms with Gasteiger partial charge >= 0.3 is 0 Å². The lowest BCUT2D eigenvalue weighted by atomic mass is 10.1. The van der Waals surface area contributed by atoms with Gasteiger partial charge in [-0.05, 0) is 37.1 Å². The maximum absolute atomic E-state index is 13.7. The van der Waals surface area contributed by atoms with E-state index in [0.717, 1.165) is 21.7 Å². The second-order valence-corrected chi connectivity index (χ2v) is 10.0. The maximum atomic E-state index is 13.7. The summed E-state index contributed by atoms with van der Waals surface area (Å²) in [4.78, 5) is 12.3. The number of rotatable bonds is 9. The molecule has 1 amide bonds. The van der Waals surface area contributed by atoms with Gasteiger partial charge in [0.05, 0.1) is 11.9 Å². The van der Waals surface area contributed by atoms with E-state index >= 15 is 0 Å². The minimum atomic E-state index is -3.63. The molecule has 0 bridgehead atoms. The predicted octanol–water partition coefficient (Wildman–Crippen LogP) is 3.91. The predicted molar refractivity (Wildman–Crippen MR) is 119 cm³/mol. The molecule has 0 saturated heterocycles. The number of carbonyl (C=O) groups excluding carboxylic acids is 1. The first-order valence-electron chi connectivity index (χ1n) is 8.92. The maximum Gasteiger partial charge on any atom is 0.240 e. The van der Waals surface area contributed by atoms with Gasteiger partial charge in [-0.15, -0.1) is 0 Å². The molecule has 158 valence electrons. The summed E-state index contributed by atoms with van der Waals surface area (Å²) in [5.74, 6) is 0.173. The fraction of sp³-hybridized carbons (Fsp3) is 0.350. The van der Waals surface area contributed by atoms with Gasteiger partial charge in [0.2, 0.25) is 15.9 Å². The van der Waals surface area contributed by atoms with Crippen molar-refractivity contribution in [2.45, 2.75) is 19.6 Å². The Hall–Kier alpha value is -1.77. The molecule has 1 N–H and O–H groups in total. The lowest BCUT2D eigenvalue weighted by Gasteiger charge is -2.25. The van der Waals surface area contributed by atoms with Gasteiger partial charge in [-0.3, -0.25) is 9.10 Å². The summed E-state index contributed by atoms with van der Waals surface area (Å²) in [5.41, 5.74) is 2.51. The Morgan fingerprint density at radius 2 is 1.79 bits per heavy atom. The van der Waals surface area contributed by atoms with Crippen LogP contribution in [0.1, 0.15) is 16.7 Å². The SMILES string of the molecule is Cc1cccc(C)c1N(CC(=O)NCCSCc1c(F)cccc1Cl)S(C)(=O)=O. The van der Waals surface area contributed by atoms with E-state index in [0.29, 0.717) is 34.3 Å². The average Bonchev–Trinajstić information content (AvgIpc) is 2.61. The van der Waals surface area contributed by atoms with Crippen LogP contribution in [0.25, 0.3) is 0 Å². The molecule has 29 heavy (non-hydrogen) atoms. The van der Waals surface area contributed by atoms with Gasteiger partial charge in [-0.1, -0.05) is 35.9 Å². The third-order valence-electron chi connectivity index (χ3n) is 4.25. The van der Waals surface area contributed by atoms with E-state index in [2.05, 4.69) is 5.32 Å². The summed E-state index contributed by atoms with van der Waals surface area (Å²) in [5, 5.41) is 3.09. The Morgan fingerprint density at radius 3 is 2.38 bits per heavy atom. The van der Waals surface area contributed by atoms with E-state index in [1.54, 1.807) is 12.1 Å². The molecule has 0 aliphatic heterocycles. The lowest BCUT2D eigenvalue weighted by Crippen LogP contribution is -2.41. The number of para-hydroxylation sites is 1. The van der Waals surface area contributed by atoms with Crippen molar-refractivity contribution >= 4 is 45.0 Å². The standard InChI is InChI=1S/C20H24ClFN2O3S2/c1-14-6-4-7-15(2)20(14)24(29(3,26)27)12-19(25)23-10-11-28-13-16-17(21)8-5-9-18(16)22/h4-9H,10-13H2,1-3H3,(H,23,25). The van der Waals surface area contributed by atoms with E-state index < -0.39 is 15.9 Å². The Balaban J connectivity index is 1.91. The van der Waals surface area contributed by atoms with Gasteiger partial charge in [0.15, 0.2) is 0 Å². The molecule has 9 heteroatoms. The summed E-state index contributed by atoms with van der Waals surface area (Å²) in [7, 11) is -3.63. The molecule has 0 spiro atoms. The number of benzene rings is 2. The first-order chi connectivity index (χ1) is 13.6. The van der Waals surface area contributed by atoms with Crippen molar-refractivity contribution in [2.75, 3.05) is 29.4 Å². The van der Waals surface area contributed by atoms with Crippen molar-refractivity contribution in [3.05, 3.63) is 63.9 Å². The molecular formula is C20H24ClFN2O3S2. The van der Waals surface area contributed by atoms with Crippen molar-refractivity contribution in [2.24, 2.45) is 0 Å². The van der Waals surface area contributed by atoms with Crippen LogP contribution in [0.4, 0.5) is 10.1 Å². The van der Waals surface area contributed by atoms with Crippen LogP contribution in [-0.4, -0.2) is 39.4 Å². The van der Waals surface area contributed by atoms with E-state index in [4.69, 9.17) is 11.6 Å². The van der Waals surface area contributed by atoms with E-state index in [1.165, 1.54) is 17.8 Å². The third kappa shape index (κ3) is 6.62. The largest absolute Gasteiger partial charge is 0.354 e. The van der Waals surface area contributed by atoms with Crippen molar-refractivity contribution in [3.8, 4) is 0 Å². The van der Waals surface area contributed by atoms with Crippen molar-refractivity contribution < 1.29 is 17.6 Å². The Labute approximate surface area is 180 Å². The molecule has 0 saturated carbocycles. The highest BCUT2D eigenvalue weighted by Crippen LogP contribution is 2.26. The zero-order valence-electron chi connectivity index (χ0n) is 16.5. The van der Waals surface area contributed by atoms with Crippen LogP contribution in [0.5, 0.6) is 0 Å². The number of nitrogens with one attached hydrogen (secondary N) is 1. The first kappa shape index (κ1) is 23.5. The number of carbonyl (C=O) groups is 1. The topological polar surface area (TPSA) is 66.5 Å². The minimum Gasteiger partial charge on any atom is -0.354 e. The smallest absolute Gasteiger partial charge is 0.240 e. The monoisotopic (exact) mass is 458 g/mol. The zero-order valence-corrected chi connectivity index (χ0v) is 18.9. The number of thioether (sulfide) groups is 1. The first-order valence-corrected chi connectivity index (χ1v) is 12.3. The number of anilines is 1. The molecule has 0 unspecified atom stereocenters. The molecule has 0 fully saturated rings. The van der Waals surface area contributed by atoms with Crippen LogP contribution >= 0.6 is 23.4 Å². The minimum absolute atomic E-state index is 0.297. The highest BCUT2D eigenvalue weighted by molar-refractivity contribution is 7.98. The quantitative estimate of drug-likeness (QED) is 0.578. The zero-order chi connectivity index (χ0) is 21.6. The van der Waals surface area contributed by atoms with Gasteiger partial charge < -0.3 is 5.32 Å². The molecule has 2 aromatic rings. The Bertz CT molecular complexity index is 943. The second kappa shape index (κ2) is 10.3. The molecule has 5 nitrogen and oxygen atoms in total. The fourth-order valence-corrected chi connectivity index (χ4v) is 5.02. The van der Waals surface area contributed by atoms with E-state index in [9.17, 15) is 17.6 Å². The highest BCUT2D eigenvalue weighted by Gasteiger charge is 2.23. The normalized spacial score (nSPS) is 11.3. The number of amides is 1. The Kier molecular flexibility index (Phi) is 8.36. The number of hydrogen-bond donors (Lipinski definition) is 1. The van der Waals surface area contributed by atoms with Crippen LogP contribution < -0.4 is 9.62 Å². The van der Waals surface area contributed by atoms with Crippen molar-refractivity contribution in [3.63, 3.8) is 0 Å². The average molecular weight is 459 g/mol. The van der Waals surface area contributed by atoms with Gasteiger partial charge in [0.25, 0.3) is 0 Å². The molecule has 0 aromatic heterocycles. The molecule has 0 heterocycles. The third-order valence-corrected chi connectivity index (χ3v) is 6.71. The molecule has 2 rings (SSSR count). The molecule has 0 atom stereocenters. The number of nitrogens with zero attached hydrogens (tertiary/aromatic N) is 1. The Morgan fingerprint density at radius 1 is 1.17 bits per heavy atom. The second-order valence-electron chi connectivity index (χ2n) is 6.61. The molecular weight excluding hydrogens is 435 g/mol. The van der Waals surface area contributed by atoms with Gasteiger partial charge in [0, 0.05) is 28.6 Å². The summed E-state index contributed by atoms with van der Waals surface area (Å²) in [6.45, 7) is 3.65. The van der Waals surface area contributed by atoms with E-state index in [1.807, 2.05) is 32.0 Å². The van der Waals surface area contributed by atoms with Crippen LogP contribution in [0.2, 0.25) is 5.02 Å². The molecule has 0 aliphatic rings. The van der Waals surface area contributed by atoms with Gasteiger partial charge in [-0.2, -0.15) is 11.8 Å². The van der Waals surface area contributed by atoms with Gasteiger partial charge in [-0.25, -0.2) is 12.8 Å². The van der Waals surface area contributed by atoms with Crippen LogP contribution in [0.3, 0.4) is 0 Å². The van der Waals surface area contributed by atoms with Crippen LogP contribution in [-0.2, 0) is 20.6 Å². The van der Waals surface area contributed by atoms with E-state index in [-0.39, 0.29) is 12.4 Å². The summed E-state index contributed by atoms with van der Waals surface area (Å²) in [6, 6.07) is 10.0. The van der Waals surface area contributed by atoms with Gasteiger partial charge in [0.1, 0.15) is 12.4 Å². The summed E-state index contributed by atoms with van der Waals surface area (Å²) >= 11 is 7.42. The lowest BCUT2D eigenvalue weighted by molar-refractivity contribution is -0.119. The summed E-state index contributed by atoms with van der Waals surface area (Å²) in [6.07, 6.45) is 1.08. The number of aryl methyl sites for hydroxylation is 2. The molecule has 2 aromatic carbocycles. The molecule has 0 aliphatic carbocycles. The number of hydrogen-bond acceptors (Lipinski definition) is 4. The van der Waals surface area contributed by atoms with Crippen molar-refractivity contribution in [1.29, 1.82) is 0 Å².